The van der Waals surface area contributed by atoms with Gasteiger partial charge in [-0.1, -0.05) is 24.6 Å². The van der Waals surface area contributed by atoms with Crippen LogP contribution in [0, 0.1) is 13.8 Å². The summed E-state index contributed by atoms with van der Waals surface area (Å²) >= 11 is 0. The van der Waals surface area contributed by atoms with Crippen molar-refractivity contribution >= 4 is 5.91 Å². The standard InChI is InChI=1S/C19H28N2O2/c1-14-7-6-8-15(2)19(14)23-17-12-21(13-17)18(22)11-16-9-4-5-10-20(16)3/h6-8,16-17H,4-5,9-13H2,1-3H3/t16-/m1/s1. The van der Waals surface area contributed by atoms with Gasteiger partial charge >= 0.3 is 0 Å². The summed E-state index contributed by atoms with van der Waals surface area (Å²) in [6, 6.07) is 6.62. The molecule has 2 heterocycles. The lowest BCUT2D eigenvalue weighted by atomic mass is 9.98. The number of para-hydroxylation sites is 1. The highest BCUT2D eigenvalue weighted by Gasteiger charge is 2.34. The Balaban J connectivity index is 1.48. The van der Waals surface area contributed by atoms with Crippen molar-refractivity contribution in [1.29, 1.82) is 0 Å². The number of likely N-dealkylation sites (tertiary alicyclic amines) is 2. The molecule has 1 amide bonds. The van der Waals surface area contributed by atoms with Gasteiger partial charge < -0.3 is 14.5 Å². The van der Waals surface area contributed by atoms with Crippen LogP contribution in [0.4, 0.5) is 0 Å². The first kappa shape index (κ1) is 16.3. The second-order valence-electron chi connectivity index (χ2n) is 7.09. The zero-order chi connectivity index (χ0) is 16.4. The molecular weight excluding hydrogens is 288 g/mol. The Morgan fingerprint density at radius 1 is 1.22 bits per heavy atom. The van der Waals surface area contributed by atoms with E-state index in [9.17, 15) is 4.79 Å². The van der Waals surface area contributed by atoms with Gasteiger partial charge in [-0.25, -0.2) is 0 Å². The van der Waals surface area contributed by atoms with Gasteiger partial charge in [0.2, 0.25) is 5.91 Å². The molecule has 2 fully saturated rings. The van der Waals surface area contributed by atoms with Crippen LogP contribution in [0.1, 0.15) is 36.8 Å². The van der Waals surface area contributed by atoms with Crippen LogP contribution >= 0.6 is 0 Å². The smallest absolute Gasteiger partial charge is 0.224 e. The molecule has 0 bridgehead atoms. The molecule has 0 aromatic heterocycles. The quantitative estimate of drug-likeness (QED) is 0.856. The van der Waals surface area contributed by atoms with E-state index in [-0.39, 0.29) is 12.0 Å². The number of piperidine rings is 1. The molecule has 23 heavy (non-hydrogen) atoms. The Bertz CT molecular complexity index is 546. The number of carbonyl (C=O) groups is 1. The summed E-state index contributed by atoms with van der Waals surface area (Å²) in [4.78, 5) is 16.7. The lowest BCUT2D eigenvalue weighted by Crippen LogP contribution is -2.57. The predicted molar refractivity (Wildman–Crippen MR) is 91.8 cm³/mol. The minimum atomic E-state index is 0.142. The average molecular weight is 316 g/mol. The van der Waals surface area contributed by atoms with E-state index < -0.39 is 0 Å². The zero-order valence-electron chi connectivity index (χ0n) is 14.5. The minimum Gasteiger partial charge on any atom is -0.486 e. The molecule has 2 saturated heterocycles. The molecule has 0 radical (unpaired) electrons. The molecular formula is C19H28N2O2. The molecule has 3 rings (SSSR count). The van der Waals surface area contributed by atoms with Crippen molar-refractivity contribution in [2.24, 2.45) is 0 Å². The van der Waals surface area contributed by atoms with Crippen molar-refractivity contribution in [3.63, 3.8) is 0 Å². The lowest BCUT2D eigenvalue weighted by Gasteiger charge is -2.41. The predicted octanol–water partition coefficient (Wildman–Crippen LogP) is 2.77. The fraction of sp³-hybridized carbons (Fsp3) is 0.632. The number of benzene rings is 1. The van der Waals surface area contributed by atoms with Crippen molar-refractivity contribution in [3.05, 3.63) is 29.3 Å². The molecule has 126 valence electrons. The number of ether oxygens (including phenoxy) is 1. The number of carbonyl (C=O) groups excluding carboxylic acids is 1. The van der Waals surface area contributed by atoms with Crippen LogP contribution in [0.2, 0.25) is 0 Å². The maximum Gasteiger partial charge on any atom is 0.224 e. The number of hydrogen-bond donors (Lipinski definition) is 0. The summed E-state index contributed by atoms with van der Waals surface area (Å²) < 4.78 is 6.10. The number of hydrogen-bond acceptors (Lipinski definition) is 3. The molecule has 0 spiro atoms. The van der Waals surface area contributed by atoms with E-state index in [0.717, 1.165) is 31.8 Å². The van der Waals surface area contributed by atoms with Crippen molar-refractivity contribution in [1.82, 2.24) is 9.80 Å². The summed E-state index contributed by atoms with van der Waals surface area (Å²) in [6.45, 7) is 6.72. The molecule has 0 N–H and O–H groups in total. The largest absolute Gasteiger partial charge is 0.486 e. The third kappa shape index (κ3) is 3.69. The number of rotatable bonds is 4. The third-order valence-electron chi connectivity index (χ3n) is 5.23. The van der Waals surface area contributed by atoms with Gasteiger partial charge in [0.1, 0.15) is 11.9 Å². The van der Waals surface area contributed by atoms with Crippen molar-refractivity contribution in [2.75, 3.05) is 26.7 Å². The second kappa shape index (κ2) is 6.91. The molecule has 0 unspecified atom stereocenters. The van der Waals surface area contributed by atoms with Crippen LogP contribution < -0.4 is 4.74 Å². The summed E-state index contributed by atoms with van der Waals surface area (Å²) in [7, 11) is 2.14. The van der Waals surface area contributed by atoms with Crippen molar-refractivity contribution < 1.29 is 9.53 Å². The average Bonchev–Trinajstić information content (AvgIpc) is 2.47. The van der Waals surface area contributed by atoms with Gasteiger partial charge in [0, 0.05) is 12.5 Å². The summed E-state index contributed by atoms with van der Waals surface area (Å²) in [5.74, 6) is 1.27. The summed E-state index contributed by atoms with van der Waals surface area (Å²) in [6.07, 6.45) is 4.46. The number of aryl methyl sites for hydroxylation is 2. The van der Waals surface area contributed by atoms with E-state index >= 15 is 0 Å². The van der Waals surface area contributed by atoms with Gasteiger partial charge in [-0.2, -0.15) is 0 Å². The molecule has 0 saturated carbocycles. The highest BCUT2D eigenvalue weighted by Crippen LogP contribution is 2.27. The Morgan fingerprint density at radius 3 is 2.57 bits per heavy atom. The van der Waals surface area contributed by atoms with E-state index in [1.807, 2.05) is 4.90 Å². The monoisotopic (exact) mass is 316 g/mol. The summed E-state index contributed by atoms with van der Waals surface area (Å²) in [5, 5.41) is 0. The van der Waals surface area contributed by atoms with Crippen LogP contribution in [0.15, 0.2) is 18.2 Å². The maximum absolute atomic E-state index is 12.4. The van der Waals surface area contributed by atoms with Crippen LogP contribution in [0.5, 0.6) is 5.75 Å². The molecule has 4 heteroatoms. The first-order chi connectivity index (χ1) is 11.0. The Labute approximate surface area is 139 Å². The van der Waals surface area contributed by atoms with Gasteiger partial charge in [-0.05, 0) is 51.4 Å². The Kier molecular flexibility index (Phi) is 4.90. The van der Waals surface area contributed by atoms with Crippen LogP contribution in [0.25, 0.3) is 0 Å². The molecule has 4 nitrogen and oxygen atoms in total. The molecule has 0 aliphatic carbocycles. The molecule has 2 aliphatic heterocycles. The van der Waals surface area contributed by atoms with Crippen molar-refractivity contribution in [3.8, 4) is 5.75 Å². The number of amides is 1. The van der Waals surface area contributed by atoms with Gasteiger partial charge in [-0.3, -0.25) is 4.79 Å². The van der Waals surface area contributed by atoms with Crippen molar-refractivity contribution in [2.45, 2.75) is 51.7 Å². The van der Waals surface area contributed by atoms with Crippen LogP contribution in [-0.2, 0) is 4.79 Å². The first-order valence-electron chi connectivity index (χ1n) is 8.75. The highest BCUT2D eigenvalue weighted by molar-refractivity contribution is 5.77. The van der Waals surface area contributed by atoms with Crippen LogP contribution in [0.3, 0.4) is 0 Å². The van der Waals surface area contributed by atoms with Crippen LogP contribution in [-0.4, -0.2) is 54.5 Å². The minimum absolute atomic E-state index is 0.142. The fourth-order valence-electron chi connectivity index (χ4n) is 3.60. The van der Waals surface area contributed by atoms with Gasteiger partial charge in [0.15, 0.2) is 0 Å². The summed E-state index contributed by atoms with van der Waals surface area (Å²) in [5.41, 5.74) is 2.33. The van der Waals surface area contributed by atoms with Gasteiger partial charge in [0.05, 0.1) is 13.1 Å². The maximum atomic E-state index is 12.4. The zero-order valence-corrected chi connectivity index (χ0v) is 14.5. The van der Waals surface area contributed by atoms with Gasteiger partial charge in [-0.15, -0.1) is 0 Å². The van der Waals surface area contributed by atoms with E-state index in [1.54, 1.807) is 0 Å². The van der Waals surface area contributed by atoms with E-state index in [0.29, 0.717) is 12.5 Å². The molecule has 1 aromatic rings. The molecule has 1 aromatic carbocycles. The third-order valence-corrected chi connectivity index (χ3v) is 5.23. The molecule has 1 atom stereocenters. The first-order valence-corrected chi connectivity index (χ1v) is 8.75. The fourth-order valence-corrected chi connectivity index (χ4v) is 3.60. The second-order valence-corrected chi connectivity index (χ2v) is 7.09. The topological polar surface area (TPSA) is 32.8 Å². The normalized spacial score (nSPS) is 22.7. The lowest BCUT2D eigenvalue weighted by molar-refractivity contribution is -0.141. The Hall–Kier alpha value is -1.55. The van der Waals surface area contributed by atoms with E-state index in [4.69, 9.17) is 4.74 Å². The van der Waals surface area contributed by atoms with Gasteiger partial charge in [0.25, 0.3) is 0 Å². The highest BCUT2D eigenvalue weighted by atomic mass is 16.5. The van der Waals surface area contributed by atoms with E-state index in [2.05, 4.69) is 44.0 Å². The SMILES string of the molecule is Cc1cccc(C)c1OC1CN(C(=O)C[C@H]2CCCCN2C)C1. The Morgan fingerprint density at radius 2 is 1.91 bits per heavy atom. The van der Waals surface area contributed by atoms with E-state index in [1.165, 1.54) is 24.0 Å². The molecule has 2 aliphatic rings. The number of nitrogens with zero attached hydrogens (tertiary/aromatic N) is 2.